The Hall–Kier alpha value is -3.71. The molecule has 1 saturated heterocycles. The molecule has 1 aliphatic rings. The Morgan fingerprint density at radius 3 is 2.32 bits per heavy atom. The molecular formula is C24H21FN4O2. The Kier molecular flexibility index (Phi) is 6.24. The van der Waals surface area contributed by atoms with Crippen LogP contribution < -0.4 is 10.2 Å². The minimum atomic E-state index is -0.585. The van der Waals surface area contributed by atoms with Crippen LogP contribution >= 0.6 is 0 Å². The van der Waals surface area contributed by atoms with Crippen molar-refractivity contribution < 1.29 is 14.0 Å². The molecule has 31 heavy (non-hydrogen) atoms. The van der Waals surface area contributed by atoms with Gasteiger partial charge < -0.3 is 5.32 Å². The molecule has 0 aromatic heterocycles. The predicted octanol–water partition coefficient (Wildman–Crippen LogP) is 4.71. The molecule has 1 heterocycles. The van der Waals surface area contributed by atoms with Crippen molar-refractivity contribution in [2.75, 3.05) is 11.4 Å². The summed E-state index contributed by atoms with van der Waals surface area (Å²) in [7, 11) is 0. The number of amides is 2. The van der Waals surface area contributed by atoms with E-state index < -0.39 is 6.04 Å². The summed E-state index contributed by atoms with van der Waals surface area (Å²) in [5.41, 5.74) is 2.70. The highest BCUT2D eigenvalue weighted by molar-refractivity contribution is 6.22. The summed E-state index contributed by atoms with van der Waals surface area (Å²) < 4.78 is 13.3. The van der Waals surface area contributed by atoms with E-state index in [9.17, 15) is 14.0 Å². The highest BCUT2D eigenvalue weighted by Gasteiger charge is 2.39. The number of carbonyl (C=O) groups excluding carboxylic acids is 2. The Labute approximate surface area is 179 Å². The molecule has 1 unspecified atom stereocenters. The van der Waals surface area contributed by atoms with Gasteiger partial charge in [0.05, 0.1) is 29.5 Å². The van der Waals surface area contributed by atoms with Crippen molar-refractivity contribution >= 4 is 28.9 Å². The summed E-state index contributed by atoms with van der Waals surface area (Å²) in [6.45, 7) is 0.472. The molecule has 0 spiro atoms. The van der Waals surface area contributed by atoms with Crippen molar-refractivity contribution in [1.82, 2.24) is 5.32 Å². The van der Waals surface area contributed by atoms with E-state index in [-0.39, 0.29) is 24.1 Å². The molecule has 0 aliphatic carbocycles. The van der Waals surface area contributed by atoms with Crippen molar-refractivity contribution in [1.29, 1.82) is 0 Å². The van der Waals surface area contributed by atoms with Gasteiger partial charge in [0.25, 0.3) is 5.91 Å². The number of azo groups is 1. The topological polar surface area (TPSA) is 74.1 Å². The van der Waals surface area contributed by atoms with Gasteiger partial charge in [0.2, 0.25) is 5.91 Å². The van der Waals surface area contributed by atoms with E-state index in [1.54, 1.807) is 30.3 Å². The third-order valence-corrected chi connectivity index (χ3v) is 4.99. The first-order valence-electron chi connectivity index (χ1n) is 10.0. The van der Waals surface area contributed by atoms with Crippen LogP contribution in [0.15, 0.2) is 89.1 Å². The van der Waals surface area contributed by atoms with Gasteiger partial charge in [-0.05, 0) is 67.1 Å². The van der Waals surface area contributed by atoms with Gasteiger partial charge in [-0.15, -0.1) is 0 Å². The van der Waals surface area contributed by atoms with E-state index in [4.69, 9.17) is 0 Å². The molecule has 6 nitrogen and oxygen atoms in total. The van der Waals surface area contributed by atoms with Crippen LogP contribution in [0.25, 0.3) is 0 Å². The third-order valence-electron chi connectivity index (χ3n) is 4.99. The molecule has 0 radical (unpaired) electrons. The second kappa shape index (κ2) is 9.40. The normalized spacial score (nSPS) is 16.4. The van der Waals surface area contributed by atoms with Gasteiger partial charge in [0.15, 0.2) is 0 Å². The quantitative estimate of drug-likeness (QED) is 0.448. The SMILES string of the molecule is O=C1CC(NCCc2cccc(F)c2)C(=O)N1c1ccc(N=Nc2ccccc2)cc1. The summed E-state index contributed by atoms with van der Waals surface area (Å²) in [5.74, 6) is -0.836. The van der Waals surface area contributed by atoms with Crippen LogP contribution in [0.1, 0.15) is 12.0 Å². The van der Waals surface area contributed by atoms with Gasteiger partial charge in [-0.3, -0.25) is 9.59 Å². The fourth-order valence-electron chi connectivity index (χ4n) is 3.42. The van der Waals surface area contributed by atoms with Gasteiger partial charge in [-0.25, -0.2) is 9.29 Å². The minimum Gasteiger partial charge on any atom is -0.305 e. The average Bonchev–Trinajstić information content (AvgIpc) is 3.06. The van der Waals surface area contributed by atoms with Crippen LogP contribution in [0.5, 0.6) is 0 Å². The van der Waals surface area contributed by atoms with E-state index in [0.29, 0.717) is 24.3 Å². The smallest absolute Gasteiger partial charge is 0.251 e. The molecule has 7 heteroatoms. The predicted molar refractivity (Wildman–Crippen MR) is 116 cm³/mol. The van der Waals surface area contributed by atoms with Gasteiger partial charge >= 0.3 is 0 Å². The van der Waals surface area contributed by atoms with E-state index in [1.807, 2.05) is 36.4 Å². The molecule has 3 aromatic rings. The lowest BCUT2D eigenvalue weighted by atomic mass is 10.1. The monoisotopic (exact) mass is 416 g/mol. The molecule has 4 rings (SSSR count). The number of nitrogens with zero attached hydrogens (tertiary/aromatic N) is 3. The standard InChI is InChI=1S/C24H21FN4O2/c25-18-6-4-5-17(15-18)13-14-26-22-16-23(30)29(24(22)31)21-11-9-20(10-12-21)28-27-19-7-2-1-3-8-19/h1-12,15,22,26H,13-14,16H2. The number of anilines is 1. The highest BCUT2D eigenvalue weighted by atomic mass is 19.1. The number of imide groups is 1. The van der Waals surface area contributed by atoms with Crippen LogP contribution in [0, 0.1) is 5.82 Å². The molecular weight excluding hydrogens is 395 g/mol. The van der Waals surface area contributed by atoms with Crippen LogP contribution in [0.3, 0.4) is 0 Å². The second-order valence-corrected chi connectivity index (χ2v) is 7.21. The second-order valence-electron chi connectivity index (χ2n) is 7.21. The first-order chi connectivity index (χ1) is 15.1. The van der Waals surface area contributed by atoms with Crippen LogP contribution in [-0.4, -0.2) is 24.4 Å². The van der Waals surface area contributed by atoms with E-state index >= 15 is 0 Å². The summed E-state index contributed by atoms with van der Waals surface area (Å²) in [4.78, 5) is 26.4. The summed E-state index contributed by atoms with van der Waals surface area (Å²) in [6.07, 6.45) is 0.661. The Morgan fingerprint density at radius 2 is 1.61 bits per heavy atom. The summed E-state index contributed by atoms with van der Waals surface area (Å²) >= 11 is 0. The maximum Gasteiger partial charge on any atom is 0.251 e. The molecule has 0 saturated carbocycles. The van der Waals surface area contributed by atoms with Gasteiger partial charge in [-0.1, -0.05) is 30.3 Å². The maximum absolute atomic E-state index is 13.3. The van der Waals surface area contributed by atoms with Gasteiger partial charge in [0, 0.05) is 0 Å². The number of carbonyl (C=O) groups is 2. The molecule has 3 aromatic carbocycles. The Morgan fingerprint density at radius 1 is 0.903 bits per heavy atom. The molecule has 1 aliphatic heterocycles. The fourth-order valence-corrected chi connectivity index (χ4v) is 3.42. The largest absolute Gasteiger partial charge is 0.305 e. The lowest BCUT2D eigenvalue weighted by Gasteiger charge is -2.15. The summed E-state index contributed by atoms with van der Waals surface area (Å²) in [6, 6.07) is 21.9. The number of rotatable bonds is 7. The van der Waals surface area contributed by atoms with Crippen LogP contribution in [-0.2, 0) is 16.0 Å². The molecule has 1 N–H and O–H groups in total. The van der Waals surface area contributed by atoms with Crippen LogP contribution in [0.2, 0.25) is 0 Å². The maximum atomic E-state index is 13.3. The average molecular weight is 416 g/mol. The number of benzene rings is 3. The molecule has 0 bridgehead atoms. The lowest BCUT2D eigenvalue weighted by Crippen LogP contribution is -2.39. The lowest BCUT2D eigenvalue weighted by molar-refractivity contribution is -0.121. The number of halogens is 1. The van der Waals surface area contributed by atoms with Gasteiger partial charge in [-0.2, -0.15) is 10.2 Å². The zero-order chi connectivity index (χ0) is 21.6. The van der Waals surface area contributed by atoms with Gasteiger partial charge in [0.1, 0.15) is 5.82 Å². The summed E-state index contributed by atoms with van der Waals surface area (Å²) in [5, 5.41) is 11.4. The molecule has 1 atom stereocenters. The van der Waals surface area contributed by atoms with Crippen molar-refractivity contribution in [2.24, 2.45) is 10.2 Å². The van der Waals surface area contributed by atoms with E-state index in [1.165, 1.54) is 17.0 Å². The Bertz CT molecular complexity index is 1100. The van der Waals surface area contributed by atoms with E-state index in [2.05, 4.69) is 15.5 Å². The van der Waals surface area contributed by atoms with E-state index in [0.717, 1.165) is 11.3 Å². The van der Waals surface area contributed by atoms with Crippen molar-refractivity contribution in [2.45, 2.75) is 18.9 Å². The number of hydrogen-bond donors (Lipinski definition) is 1. The van der Waals surface area contributed by atoms with Crippen molar-refractivity contribution in [3.05, 3.63) is 90.2 Å². The van der Waals surface area contributed by atoms with Crippen molar-refractivity contribution in [3.63, 3.8) is 0 Å². The number of nitrogens with one attached hydrogen (secondary N) is 1. The Balaban J connectivity index is 1.36. The third kappa shape index (κ3) is 5.07. The molecule has 1 fully saturated rings. The fraction of sp³-hybridized carbons (Fsp3) is 0.167. The zero-order valence-electron chi connectivity index (χ0n) is 16.7. The first-order valence-corrected chi connectivity index (χ1v) is 10.0. The molecule has 2 amide bonds. The van der Waals surface area contributed by atoms with Crippen LogP contribution in [0.4, 0.5) is 21.5 Å². The highest BCUT2D eigenvalue weighted by Crippen LogP contribution is 2.26. The minimum absolute atomic E-state index is 0.0947. The first kappa shape index (κ1) is 20.6. The zero-order valence-corrected chi connectivity index (χ0v) is 16.7. The number of hydrogen-bond acceptors (Lipinski definition) is 5. The van der Waals surface area contributed by atoms with Crippen molar-refractivity contribution in [3.8, 4) is 0 Å². The molecule has 156 valence electrons.